The molecule has 1 aliphatic heterocycles. The minimum Gasteiger partial charge on any atom is -0.374 e. The number of alkyl halides is 3. The molecule has 0 radical (unpaired) electrons. The molecule has 8 heteroatoms. The largest absolute Gasteiger partial charge is 0.523 e. The van der Waals surface area contributed by atoms with Crippen LogP contribution in [0.4, 0.5) is 13.2 Å². The number of halogens is 3. The Morgan fingerprint density at radius 1 is 1.28 bits per heavy atom. The minimum absolute atomic E-state index is 0.224. The van der Waals surface area contributed by atoms with Gasteiger partial charge in [0.1, 0.15) is 6.10 Å². The van der Waals surface area contributed by atoms with Gasteiger partial charge in [0.05, 0.1) is 13.2 Å². The van der Waals surface area contributed by atoms with E-state index in [9.17, 15) is 21.6 Å². The highest BCUT2D eigenvalue weighted by Crippen LogP contribution is 2.33. The molecule has 1 aliphatic rings. The second-order valence-electron chi connectivity index (χ2n) is 3.70. The van der Waals surface area contributed by atoms with Crippen molar-refractivity contribution in [1.29, 1.82) is 0 Å². The molecule has 0 bridgehead atoms. The third-order valence-electron chi connectivity index (χ3n) is 2.46. The zero-order valence-electron chi connectivity index (χ0n) is 8.98. The van der Waals surface area contributed by atoms with Gasteiger partial charge in [0, 0.05) is 0 Å². The minimum atomic E-state index is -5.62. The molecule has 0 N–H and O–H groups in total. The van der Waals surface area contributed by atoms with Gasteiger partial charge in [-0.3, -0.25) is 4.18 Å². The van der Waals surface area contributed by atoms with E-state index in [2.05, 4.69) is 4.18 Å². The molecule has 1 atom stereocenters. The van der Waals surface area contributed by atoms with Crippen LogP contribution in [0, 0.1) is 0 Å². The van der Waals surface area contributed by atoms with Gasteiger partial charge < -0.3 is 4.74 Å². The van der Waals surface area contributed by atoms with Crippen LogP contribution in [0.5, 0.6) is 0 Å². The summed E-state index contributed by atoms with van der Waals surface area (Å²) in [4.78, 5) is 0. The summed E-state index contributed by atoms with van der Waals surface area (Å²) in [5.41, 5.74) is -4.41. The molecule has 0 saturated heterocycles. The number of hydrogen-bond donors (Lipinski definition) is 0. The molecule has 1 aromatic rings. The lowest BCUT2D eigenvalue weighted by molar-refractivity contribution is -0.0632. The monoisotopic (exact) mass is 282 g/mol. The van der Waals surface area contributed by atoms with Gasteiger partial charge in [-0.25, -0.2) is 0 Å². The molecular formula is C10H9F3O4S. The molecule has 0 spiro atoms. The van der Waals surface area contributed by atoms with Gasteiger partial charge in [-0.15, -0.1) is 0 Å². The van der Waals surface area contributed by atoms with Gasteiger partial charge in [0.25, 0.3) is 0 Å². The molecule has 4 nitrogen and oxygen atoms in total. The smallest absolute Gasteiger partial charge is 0.374 e. The third kappa shape index (κ3) is 2.50. The van der Waals surface area contributed by atoms with Crippen LogP contribution in [0.3, 0.4) is 0 Å². The topological polar surface area (TPSA) is 52.6 Å². The number of hydrogen-bond acceptors (Lipinski definition) is 4. The summed E-state index contributed by atoms with van der Waals surface area (Å²) in [5.74, 6) is 0. The van der Waals surface area contributed by atoms with Crippen molar-refractivity contribution in [2.45, 2.75) is 18.2 Å². The fourth-order valence-electron chi connectivity index (χ4n) is 1.63. The van der Waals surface area contributed by atoms with E-state index in [0.29, 0.717) is 11.1 Å². The van der Waals surface area contributed by atoms with Crippen molar-refractivity contribution in [3.63, 3.8) is 0 Å². The van der Waals surface area contributed by atoms with E-state index in [1.54, 1.807) is 18.2 Å². The van der Waals surface area contributed by atoms with Crippen LogP contribution in [0.1, 0.15) is 17.2 Å². The highest BCUT2D eigenvalue weighted by atomic mass is 32.2. The zero-order chi connectivity index (χ0) is 13.4. The van der Waals surface area contributed by atoms with E-state index in [1.165, 1.54) is 6.07 Å². The summed E-state index contributed by atoms with van der Waals surface area (Å²) in [6.45, 7) is -0.00553. The van der Waals surface area contributed by atoms with Crippen LogP contribution >= 0.6 is 0 Å². The molecule has 1 unspecified atom stereocenters. The molecule has 18 heavy (non-hydrogen) atoms. The number of rotatable bonds is 2. The summed E-state index contributed by atoms with van der Waals surface area (Å²) >= 11 is 0. The van der Waals surface area contributed by atoms with E-state index in [0.717, 1.165) is 0 Å². The zero-order valence-corrected chi connectivity index (χ0v) is 9.79. The van der Waals surface area contributed by atoms with Crippen LogP contribution in [-0.4, -0.2) is 20.5 Å². The van der Waals surface area contributed by atoms with Crippen molar-refractivity contribution >= 4 is 10.1 Å². The predicted octanol–water partition coefficient (Wildman–Crippen LogP) is 2.12. The normalized spacial score (nSPS) is 20.5. The quantitative estimate of drug-likeness (QED) is 0.616. The highest BCUT2D eigenvalue weighted by Gasteiger charge is 2.49. The van der Waals surface area contributed by atoms with Gasteiger partial charge >= 0.3 is 15.6 Å². The summed E-state index contributed by atoms with van der Waals surface area (Å²) in [6, 6.07) is 6.45. The molecule has 0 saturated carbocycles. The van der Waals surface area contributed by atoms with Gasteiger partial charge in [0.2, 0.25) is 0 Å². The molecular weight excluding hydrogens is 273 g/mol. The van der Waals surface area contributed by atoms with Crippen LogP contribution in [-0.2, 0) is 25.6 Å². The third-order valence-corrected chi connectivity index (χ3v) is 3.51. The first-order valence-corrected chi connectivity index (χ1v) is 6.37. The van der Waals surface area contributed by atoms with Crippen molar-refractivity contribution in [1.82, 2.24) is 0 Å². The van der Waals surface area contributed by atoms with Crippen molar-refractivity contribution in [2.75, 3.05) is 6.61 Å². The fraction of sp³-hybridized carbons (Fsp3) is 0.400. The molecule has 1 heterocycles. The Bertz CT molecular complexity index is 538. The lowest BCUT2D eigenvalue weighted by Crippen LogP contribution is -2.30. The van der Waals surface area contributed by atoms with Gasteiger partial charge in [-0.1, -0.05) is 24.3 Å². The molecule has 0 aromatic heterocycles. The van der Waals surface area contributed by atoms with Crippen LogP contribution in [0.15, 0.2) is 24.3 Å². The molecule has 0 fully saturated rings. The summed E-state index contributed by atoms with van der Waals surface area (Å²) in [5, 5.41) is 0. The Kier molecular flexibility index (Phi) is 3.35. The number of ether oxygens (including phenoxy) is 1. The molecule has 100 valence electrons. The average molecular weight is 282 g/mol. The van der Waals surface area contributed by atoms with Crippen LogP contribution in [0.25, 0.3) is 0 Å². The van der Waals surface area contributed by atoms with Crippen molar-refractivity contribution in [3.8, 4) is 0 Å². The maximum absolute atomic E-state index is 12.2. The Hall–Kier alpha value is -1.12. The Morgan fingerprint density at radius 3 is 2.61 bits per heavy atom. The van der Waals surface area contributed by atoms with E-state index < -0.39 is 21.7 Å². The Morgan fingerprint density at radius 2 is 1.94 bits per heavy atom. The fourth-order valence-corrected chi connectivity index (χ4v) is 2.21. The van der Waals surface area contributed by atoms with Gasteiger partial charge in [-0.2, -0.15) is 21.6 Å². The summed E-state index contributed by atoms with van der Waals surface area (Å²) < 4.78 is 67.7. The number of benzene rings is 1. The van der Waals surface area contributed by atoms with E-state index in [1.807, 2.05) is 0 Å². The number of fused-ring (bicyclic) bond motifs is 1. The van der Waals surface area contributed by atoms with Crippen molar-refractivity contribution in [2.24, 2.45) is 0 Å². The van der Waals surface area contributed by atoms with Crippen molar-refractivity contribution < 1.29 is 30.5 Å². The maximum Gasteiger partial charge on any atom is 0.523 e. The summed E-state index contributed by atoms with van der Waals surface area (Å²) in [6.07, 6.45) is -1.26. The molecule has 0 amide bonds. The highest BCUT2D eigenvalue weighted by molar-refractivity contribution is 7.87. The molecule has 1 aromatic carbocycles. The van der Waals surface area contributed by atoms with Crippen LogP contribution in [0.2, 0.25) is 0 Å². The van der Waals surface area contributed by atoms with Crippen molar-refractivity contribution in [3.05, 3.63) is 35.4 Å². The second-order valence-corrected chi connectivity index (χ2v) is 5.26. The standard InChI is InChI=1S/C10H9F3O4S/c11-10(12,13)18(14,15)17-9-6-16-5-7-3-1-2-4-8(7)9/h1-4,9H,5-6H2. The first-order valence-electron chi connectivity index (χ1n) is 4.96. The average Bonchev–Trinajstić information content (AvgIpc) is 2.27. The first-order chi connectivity index (χ1) is 8.31. The van der Waals surface area contributed by atoms with E-state index >= 15 is 0 Å². The molecule has 2 rings (SSSR count). The van der Waals surface area contributed by atoms with E-state index in [-0.39, 0.29) is 13.2 Å². The van der Waals surface area contributed by atoms with Crippen LogP contribution < -0.4 is 0 Å². The summed E-state index contributed by atoms with van der Waals surface area (Å²) in [7, 11) is -5.62. The first kappa shape index (κ1) is 13.3. The lowest BCUT2D eigenvalue weighted by atomic mass is 10.0. The predicted molar refractivity (Wildman–Crippen MR) is 54.9 cm³/mol. The maximum atomic E-state index is 12.2. The lowest BCUT2D eigenvalue weighted by Gasteiger charge is -2.25. The second kappa shape index (κ2) is 4.52. The molecule has 0 aliphatic carbocycles. The Labute approximate surface area is 101 Å². The van der Waals surface area contributed by atoms with E-state index in [4.69, 9.17) is 4.74 Å². The van der Waals surface area contributed by atoms with Gasteiger partial charge in [0.15, 0.2) is 0 Å². The van der Waals surface area contributed by atoms with Gasteiger partial charge in [-0.05, 0) is 11.1 Å². The SMILES string of the molecule is O=S(=O)(OC1COCc2ccccc21)C(F)(F)F. The Balaban J connectivity index is 2.28.